The second kappa shape index (κ2) is 5.00. The van der Waals surface area contributed by atoms with E-state index in [4.69, 9.17) is 5.84 Å². The highest BCUT2D eigenvalue weighted by Gasteiger charge is 2.16. The number of hydrogen-bond acceptors (Lipinski definition) is 7. The standard InChI is InChI=1S/C11H18N8/c1-17-4-6-19(7-5-17)16-10-11-13-2-3-18(11)8-9(14-10)15-12/h2-3,8,15H,4-7,12H2,1H3,(H,14,16). The fraction of sp³-hybridized carbons (Fsp3) is 0.455. The molecule has 0 bridgehead atoms. The molecular weight excluding hydrogens is 244 g/mol. The molecule has 8 heteroatoms. The van der Waals surface area contributed by atoms with Gasteiger partial charge in [-0.1, -0.05) is 0 Å². The highest BCUT2D eigenvalue weighted by molar-refractivity contribution is 5.64. The first-order chi connectivity index (χ1) is 9.26. The SMILES string of the molecule is CN1CCN(Nc2nc(NN)cn3ccnc23)CC1. The van der Waals surface area contributed by atoms with Gasteiger partial charge in [0.1, 0.15) is 0 Å². The highest BCUT2D eigenvalue weighted by atomic mass is 15.5. The molecule has 0 spiro atoms. The first-order valence-corrected chi connectivity index (χ1v) is 6.27. The third-order valence-electron chi connectivity index (χ3n) is 3.29. The van der Waals surface area contributed by atoms with Crippen molar-refractivity contribution in [3.05, 3.63) is 18.6 Å². The van der Waals surface area contributed by atoms with Gasteiger partial charge < -0.3 is 14.7 Å². The Hall–Kier alpha value is -1.90. The van der Waals surface area contributed by atoms with E-state index in [0.717, 1.165) is 31.8 Å². The number of nitrogens with zero attached hydrogens (tertiary/aromatic N) is 5. The number of nitrogens with one attached hydrogen (secondary N) is 2. The van der Waals surface area contributed by atoms with Gasteiger partial charge in [-0.25, -0.2) is 20.8 Å². The monoisotopic (exact) mass is 262 g/mol. The van der Waals surface area contributed by atoms with Crippen LogP contribution in [0.1, 0.15) is 0 Å². The number of hydrogen-bond donors (Lipinski definition) is 3. The molecule has 1 aliphatic rings. The molecule has 0 amide bonds. The summed E-state index contributed by atoms with van der Waals surface area (Å²) in [7, 11) is 2.13. The Balaban J connectivity index is 1.85. The molecule has 2 aromatic heterocycles. The maximum atomic E-state index is 5.44. The predicted octanol–water partition coefficient (Wildman–Crippen LogP) is -0.411. The summed E-state index contributed by atoms with van der Waals surface area (Å²) in [6.45, 7) is 3.97. The molecule has 1 fully saturated rings. The van der Waals surface area contributed by atoms with Crippen LogP contribution in [-0.2, 0) is 0 Å². The summed E-state index contributed by atoms with van der Waals surface area (Å²) in [5.41, 5.74) is 6.68. The normalized spacial score (nSPS) is 17.8. The summed E-state index contributed by atoms with van der Waals surface area (Å²) in [4.78, 5) is 11.0. The van der Waals surface area contributed by atoms with E-state index in [9.17, 15) is 0 Å². The Morgan fingerprint density at radius 3 is 2.79 bits per heavy atom. The molecule has 1 saturated heterocycles. The van der Waals surface area contributed by atoms with Gasteiger partial charge in [-0.3, -0.25) is 5.43 Å². The zero-order valence-electron chi connectivity index (χ0n) is 10.9. The lowest BCUT2D eigenvalue weighted by atomic mass is 10.4. The molecule has 102 valence electrons. The lowest BCUT2D eigenvalue weighted by molar-refractivity contribution is 0.178. The van der Waals surface area contributed by atoms with Gasteiger partial charge in [0.05, 0.1) is 6.20 Å². The average Bonchev–Trinajstić information content (AvgIpc) is 2.89. The number of piperazine rings is 1. The third-order valence-corrected chi connectivity index (χ3v) is 3.29. The van der Waals surface area contributed by atoms with Gasteiger partial charge in [0.15, 0.2) is 17.3 Å². The largest absolute Gasteiger partial charge is 0.307 e. The van der Waals surface area contributed by atoms with Crippen molar-refractivity contribution in [2.75, 3.05) is 44.1 Å². The summed E-state index contributed by atoms with van der Waals surface area (Å²) in [5, 5.41) is 2.15. The smallest absolute Gasteiger partial charge is 0.186 e. The van der Waals surface area contributed by atoms with E-state index in [1.165, 1.54) is 0 Å². The quantitative estimate of drug-likeness (QED) is 0.512. The van der Waals surface area contributed by atoms with Crippen LogP contribution in [0, 0.1) is 0 Å². The Kier molecular flexibility index (Phi) is 3.20. The molecule has 2 aromatic rings. The minimum Gasteiger partial charge on any atom is -0.307 e. The van der Waals surface area contributed by atoms with Gasteiger partial charge in [0.25, 0.3) is 0 Å². The van der Waals surface area contributed by atoms with Crippen molar-refractivity contribution in [2.24, 2.45) is 5.84 Å². The van der Waals surface area contributed by atoms with Gasteiger partial charge in [-0.05, 0) is 7.05 Å². The summed E-state index contributed by atoms with van der Waals surface area (Å²) in [6.07, 6.45) is 5.41. The first-order valence-electron chi connectivity index (χ1n) is 6.27. The molecule has 8 nitrogen and oxygen atoms in total. The van der Waals surface area contributed by atoms with Gasteiger partial charge in [0, 0.05) is 38.6 Å². The van der Waals surface area contributed by atoms with E-state index in [0.29, 0.717) is 11.6 Å². The van der Waals surface area contributed by atoms with Crippen LogP contribution in [0.4, 0.5) is 11.6 Å². The maximum Gasteiger partial charge on any atom is 0.186 e. The fourth-order valence-corrected chi connectivity index (χ4v) is 2.14. The molecule has 3 rings (SSSR count). The van der Waals surface area contributed by atoms with Crippen LogP contribution in [0.5, 0.6) is 0 Å². The van der Waals surface area contributed by atoms with Crippen LogP contribution < -0.4 is 16.7 Å². The van der Waals surface area contributed by atoms with Crippen molar-refractivity contribution < 1.29 is 0 Å². The summed E-state index contributed by atoms with van der Waals surface area (Å²) in [5.74, 6) is 6.75. The van der Waals surface area contributed by atoms with E-state index in [-0.39, 0.29) is 0 Å². The Bertz CT molecular complexity index is 557. The molecule has 0 aliphatic carbocycles. The van der Waals surface area contributed by atoms with Crippen LogP contribution in [-0.4, -0.2) is 57.5 Å². The Morgan fingerprint density at radius 2 is 2.05 bits per heavy atom. The van der Waals surface area contributed by atoms with E-state index in [1.807, 2.05) is 10.6 Å². The van der Waals surface area contributed by atoms with Crippen LogP contribution >= 0.6 is 0 Å². The molecule has 0 unspecified atom stereocenters. The number of likely N-dealkylation sites (N-methyl/N-ethyl adjacent to an activating group) is 1. The van der Waals surface area contributed by atoms with Crippen LogP contribution in [0.3, 0.4) is 0 Å². The maximum absolute atomic E-state index is 5.44. The third kappa shape index (κ3) is 2.46. The van der Waals surface area contributed by atoms with Crippen molar-refractivity contribution in [3.63, 3.8) is 0 Å². The van der Waals surface area contributed by atoms with Crippen molar-refractivity contribution in [1.29, 1.82) is 0 Å². The lowest BCUT2D eigenvalue weighted by Gasteiger charge is -2.32. The van der Waals surface area contributed by atoms with Crippen molar-refractivity contribution >= 4 is 17.3 Å². The van der Waals surface area contributed by atoms with Crippen molar-refractivity contribution in [2.45, 2.75) is 0 Å². The highest BCUT2D eigenvalue weighted by Crippen LogP contribution is 2.16. The second-order valence-corrected chi connectivity index (χ2v) is 4.68. The number of nitrogens with two attached hydrogens (primary N) is 1. The van der Waals surface area contributed by atoms with Crippen molar-refractivity contribution in [1.82, 2.24) is 24.3 Å². The molecule has 0 aromatic carbocycles. The minimum absolute atomic E-state index is 0.599. The minimum atomic E-state index is 0.599. The van der Waals surface area contributed by atoms with Gasteiger partial charge >= 0.3 is 0 Å². The molecule has 19 heavy (non-hydrogen) atoms. The van der Waals surface area contributed by atoms with E-state index >= 15 is 0 Å². The molecule has 3 heterocycles. The summed E-state index contributed by atoms with van der Waals surface area (Å²) in [6, 6.07) is 0. The fourth-order valence-electron chi connectivity index (χ4n) is 2.14. The van der Waals surface area contributed by atoms with Crippen LogP contribution in [0.25, 0.3) is 5.65 Å². The molecule has 0 atom stereocenters. The molecule has 0 saturated carbocycles. The number of imidazole rings is 1. The zero-order valence-corrected chi connectivity index (χ0v) is 10.9. The number of hydrazine groups is 2. The number of rotatable bonds is 3. The number of anilines is 2. The lowest BCUT2D eigenvalue weighted by Crippen LogP contribution is -2.47. The molecular formula is C11H18N8. The van der Waals surface area contributed by atoms with Crippen LogP contribution in [0.2, 0.25) is 0 Å². The first kappa shape index (κ1) is 12.2. The second-order valence-electron chi connectivity index (χ2n) is 4.68. The molecule has 1 aliphatic heterocycles. The van der Waals surface area contributed by atoms with E-state index in [1.54, 1.807) is 12.4 Å². The van der Waals surface area contributed by atoms with E-state index < -0.39 is 0 Å². The zero-order chi connectivity index (χ0) is 13.2. The Labute approximate surface area is 111 Å². The number of fused-ring (bicyclic) bond motifs is 1. The molecule has 4 N–H and O–H groups in total. The number of nitrogen functional groups attached to an aromatic ring is 1. The van der Waals surface area contributed by atoms with Gasteiger partial charge in [-0.2, -0.15) is 0 Å². The summed E-state index contributed by atoms with van der Waals surface area (Å²) >= 11 is 0. The molecule has 0 radical (unpaired) electrons. The average molecular weight is 262 g/mol. The van der Waals surface area contributed by atoms with E-state index in [2.05, 4.69) is 37.8 Å². The van der Waals surface area contributed by atoms with Crippen LogP contribution in [0.15, 0.2) is 18.6 Å². The van der Waals surface area contributed by atoms with Gasteiger partial charge in [-0.15, -0.1) is 0 Å². The number of aromatic nitrogens is 3. The summed E-state index contributed by atoms with van der Waals surface area (Å²) < 4.78 is 1.89. The predicted molar refractivity (Wildman–Crippen MR) is 73.5 cm³/mol. The topological polar surface area (TPSA) is 86.8 Å². The Morgan fingerprint density at radius 1 is 1.26 bits per heavy atom. The van der Waals surface area contributed by atoms with Crippen molar-refractivity contribution in [3.8, 4) is 0 Å². The van der Waals surface area contributed by atoms with Gasteiger partial charge in [0.2, 0.25) is 0 Å².